The van der Waals surface area contributed by atoms with Gasteiger partial charge in [0.15, 0.2) is 0 Å². The molecule has 1 N–H and O–H groups in total. The van der Waals surface area contributed by atoms with Gasteiger partial charge in [0.2, 0.25) is 5.91 Å². The summed E-state index contributed by atoms with van der Waals surface area (Å²) in [7, 11) is 0. The molecule has 1 atom stereocenters. The van der Waals surface area contributed by atoms with Gasteiger partial charge in [-0.2, -0.15) is 5.10 Å². The minimum atomic E-state index is 0.147. The molecule has 0 saturated heterocycles. The SMILES string of the molecule is O=C(NCCOCCn1cccn1)C1CC=CCC1. The van der Waals surface area contributed by atoms with Crippen molar-refractivity contribution >= 4 is 5.91 Å². The Morgan fingerprint density at radius 1 is 1.42 bits per heavy atom. The van der Waals surface area contributed by atoms with E-state index in [0.29, 0.717) is 19.8 Å². The number of carbonyl (C=O) groups excluding carboxylic acids is 1. The highest BCUT2D eigenvalue weighted by Gasteiger charge is 2.17. The van der Waals surface area contributed by atoms with Gasteiger partial charge in [-0.25, -0.2) is 0 Å². The molecule has 0 radical (unpaired) electrons. The highest BCUT2D eigenvalue weighted by molar-refractivity contribution is 5.78. The number of amides is 1. The summed E-state index contributed by atoms with van der Waals surface area (Å²) in [6, 6.07) is 1.89. The molecule has 19 heavy (non-hydrogen) atoms. The van der Waals surface area contributed by atoms with E-state index in [0.717, 1.165) is 25.8 Å². The second kappa shape index (κ2) is 7.74. The molecule has 0 spiro atoms. The van der Waals surface area contributed by atoms with Crippen molar-refractivity contribution in [1.82, 2.24) is 15.1 Å². The zero-order valence-corrected chi connectivity index (χ0v) is 11.1. The van der Waals surface area contributed by atoms with Crippen molar-refractivity contribution in [2.24, 2.45) is 5.92 Å². The maximum atomic E-state index is 11.8. The van der Waals surface area contributed by atoms with E-state index >= 15 is 0 Å². The van der Waals surface area contributed by atoms with E-state index in [9.17, 15) is 4.79 Å². The van der Waals surface area contributed by atoms with Crippen molar-refractivity contribution in [3.8, 4) is 0 Å². The molecule has 1 aliphatic rings. The molecular formula is C14H21N3O2. The van der Waals surface area contributed by atoms with Crippen LogP contribution in [0.3, 0.4) is 0 Å². The normalized spacial score (nSPS) is 18.4. The third-order valence-corrected chi connectivity index (χ3v) is 3.21. The number of rotatable bonds is 7. The number of nitrogens with zero attached hydrogens (tertiary/aromatic N) is 2. The lowest BCUT2D eigenvalue weighted by atomic mass is 9.94. The Balaban J connectivity index is 1.49. The second-order valence-electron chi connectivity index (χ2n) is 4.65. The van der Waals surface area contributed by atoms with Gasteiger partial charge in [0.25, 0.3) is 0 Å². The molecule has 1 aromatic heterocycles. The number of aromatic nitrogens is 2. The molecule has 0 fully saturated rings. The van der Waals surface area contributed by atoms with Crippen LogP contribution in [-0.2, 0) is 16.1 Å². The minimum Gasteiger partial charge on any atom is -0.378 e. The first-order valence-corrected chi connectivity index (χ1v) is 6.84. The third kappa shape index (κ3) is 4.87. The van der Waals surface area contributed by atoms with E-state index in [2.05, 4.69) is 22.6 Å². The summed E-state index contributed by atoms with van der Waals surface area (Å²) in [6.45, 7) is 2.49. The fraction of sp³-hybridized carbons (Fsp3) is 0.571. The van der Waals surface area contributed by atoms with Crippen LogP contribution in [-0.4, -0.2) is 35.4 Å². The van der Waals surface area contributed by atoms with Crippen LogP contribution in [0.2, 0.25) is 0 Å². The quantitative estimate of drug-likeness (QED) is 0.597. The number of hydrogen-bond acceptors (Lipinski definition) is 3. The topological polar surface area (TPSA) is 56.1 Å². The standard InChI is InChI=1S/C14H21N3O2/c18-14(13-5-2-1-3-6-13)15-8-11-19-12-10-17-9-4-7-16-17/h1-2,4,7,9,13H,3,5-6,8,10-12H2,(H,15,18). The summed E-state index contributed by atoms with van der Waals surface area (Å²) in [4.78, 5) is 11.8. The van der Waals surface area contributed by atoms with Crippen LogP contribution in [0.15, 0.2) is 30.6 Å². The van der Waals surface area contributed by atoms with Crippen LogP contribution in [0.1, 0.15) is 19.3 Å². The summed E-state index contributed by atoms with van der Waals surface area (Å²) in [6.07, 6.45) is 10.7. The Morgan fingerprint density at radius 3 is 3.11 bits per heavy atom. The Labute approximate surface area is 113 Å². The first-order chi connectivity index (χ1) is 9.36. The molecule has 104 valence electrons. The van der Waals surface area contributed by atoms with Crippen molar-refractivity contribution in [2.75, 3.05) is 19.8 Å². The number of hydrogen-bond donors (Lipinski definition) is 1. The largest absolute Gasteiger partial charge is 0.378 e. The number of allylic oxidation sites excluding steroid dienone is 2. The highest BCUT2D eigenvalue weighted by atomic mass is 16.5. The zero-order chi connectivity index (χ0) is 13.3. The molecule has 1 unspecified atom stereocenters. The number of nitrogens with one attached hydrogen (secondary N) is 1. The molecule has 5 nitrogen and oxygen atoms in total. The molecule has 1 aromatic rings. The Morgan fingerprint density at radius 2 is 2.37 bits per heavy atom. The van der Waals surface area contributed by atoms with Gasteiger partial charge in [-0.15, -0.1) is 0 Å². The van der Waals surface area contributed by atoms with Gasteiger partial charge in [0.05, 0.1) is 19.8 Å². The van der Waals surface area contributed by atoms with Gasteiger partial charge in [-0.05, 0) is 25.3 Å². The highest BCUT2D eigenvalue weighted by Crippen LogP contribution is 2.17. The minimum absolute atomic E-state index is 0.147. The van der Waals surface area contributed by atoms with Gasteiger partial charge in [-0.3, -0.25) is 9.48 Å². The van der Waals surface area contributed by atoms with Crippen molar-refractivity contribution in [2.45, 2.75) is 25.8 Å². The number of carbonyl (C=O) groups is 1. The van der Waals surface area contributed by atoms with Crippen LogP contribution < -0.4 is 5.32 Å². The average molecular weight is 263 g/mol. The molecule has 0 bridgehead atoms. The van der Waals surface area contributed by atoms with Crippen LogP contribution in [0, 0.1) is 5.92 Å². The van der Waals surface area contributed by atoms with Crippen molar-refractivity contribution in [3.05, 3.63) is 30.6 Å². The molecule has 1 heterocycles. The first-order valence-electron chi connectivity index (χ1n) is 6.84. The second-order valence-corrected chi connectivity index (χ2v) is 4.65. The molecule has 2 rings (SSSR count). The van der Waals surface area contributed by atoms with E-state index in [1.165, 1.54) is 0 Å². The molecule has 0 saturated carbocycles. The summed E-state index contributed by atoms with van der Waals surface area (Å²) in [5, 5.41) is 7.01. The van der Waals surface area contributed by atoms with E-state index in [4.69, 9.17) is 4.74 Å². The lowest BCUT2D eigenvalue weighted by Gasteiger charge is -2.17. The molecule has 0 aliphatic heterocycles. The summed E-state index contributed by atoms with van der Waals surface area (Å²) >= 11 is 0. The Bertz CT molecular complexity index is 401. The Kier molecular flexibility index (Phi) is 5.62. The van der Waals surface area contributed by atoms with Crippen molar-refractivity contribution in [3.63, 3.8) is 0 Å². The zero-order valence-electron chi connectivity index (χ0n) is 11.1. The van der Waals surface area contributed by atoms with Gasteiger partial charge in [-0.1, -0.05) is 12.2 Å². The molecular weight excluding hydrogens is 242 g/mol. The van der Waals surface area contributed by atoms with E-state index in [-0.39, 0.29) is 11.8 Å². The molecule has 0 aromatic carbocycles. The summed E-state index contributed by atoms with van der Waals surface area (Å²) in [5.74, 6) is 0.300. The van der Waals surface area contributed by atoms with Crippen LogP contribution >= 0.6 is 0 Å². The van der Waals surface area contributed by atoms with E-state index in [1.807, 2.05) is 16.9 Å². The van der Waals surface area contributed by atoms with Crippen molar-refractivity contribution in [1.29, 1.82) is 0 Å². The van der Waals surface area contributed by atoms with E-state index in [1.54, 1.807) is 6.20 Å². The summed E-state index contributed by atoms with van der Waals surface area (Å²) < 4.78 is 7.28. The van der Waals surface area contributed by atoms with E-state index < -0.39 is 0 Å². The monoisotopic (exact) mass is 263 g/mol. The predicted molar refractivity (Wildman–Crippen MR) is 72.5 cm³/mol. The van der Waals surface area contributed by atoms with Gasteiger partial charge < -0.3 is 10.1 Å². The smallest absolute Gasteiger partial charge is 0.223 e. The third-order valence-electron chi connectivity index (χ3n) is 3.21. The first kappa shape index (κ1) is 13.8. The fourth-order valence-electron chi connectivity index (χ4n) is 2.12. The van der Waals surface area contributed by atoms with Crippen molar-refractivity contribution < 1.29 is 9.53 Å². The maximum Gasteiger partial charge on any atom is 0.223 e. The predicted octanol–water partition coefficient (Wildman–Crippen LogP) is 1.37. The van der Waals surface area contributed by atoms with Gasteiger partial charge in [0.1, 0.15) is 0 Å². The lowest BCUT2D eigenvalue weighted by Crippen LogP contribution is -2.33. The molecule has 5 heteroatoms. The lowest BCUT2D eigenvalue weighted by molar-refractivity contribution is -0.125. The average Bonchev–Trinajstić information content (AvgIpc) is 2.96. The number of ether oxygens (including phenoxy) is 1. The van der Waals surface area contributed by atoms with Gasteiger partial charge >= 0.3 is 0 Å². The maximum absolute atomic E-state index is 11.8. The van der Waals surface area contributed by atoms with Crippen LogP contribution in [0.5, 0.6) is 0 Å². The molecule has 1 amide bonds. The fourth-order valence-corrected chi connectivity index (χ4v) is 2.12. The van der Waals surface area contributed by atoms with Crippen LogP contribution in [0.25, 0.3) is 0 Å². The molecule has 1 aliphatic carbocycles. The van der Waals surface area contributed by atoms with Gasteiger partial charge in [0, 0.05) is 24.9 Å². The summed E-state index contributed by atoms with van der Waals surface area (Å²) in [5.41, 5.74) is 0. The van der Waals surface area contributed by atoms with Crippen LogP contribution in [0.4, 0.5) is 0 Å². The Hall–Kier alpha value is -1.62.